The van der Waals surface area contributed by atoms with Crippen LogP contribution in [0.4, 0.5) is 17.1 Å². The topological polar surface area (TPSA) is 75.4 Å². The molecule has 0 atom stereocenters. The first-order chi connectivity index (χ1) is 8.56. The number of carboxylic acids is 1. The SMILES string of the molecule is Nc1ccc(C(=O)O)cc1Nc1cccc(I)c1. The molecule has 4 nitrogen and oxygen atoms in total. The second-order valence-electron chi connectivity index (χ2n) is 3.74. The van der Waals surface area contributed by atoms with Gasteiger partial charge in [-0.3, -0.25) is 0 Å². The third-order valence-corrected chi connectivity index (χ3v) is 3.07. The molecule has 0 aliphatic rings. The van der Waals surface area contributed by atoms with E-state index >= 15 is 0 Å². The van der Waals surface area contributed by atoms with Gasteiger partial charge in [-0.05, 0) is 59.0 Å². The second kappa shape index (κ2) is 5.26. The molecule has 0 aromatic heterocycles. The van der Waals surface area contributed by atoms with Gasteiger partial charge in [0.1, 0.15) is 0 Å². The molecule has 5 heteroatoms. The molecule has 0 amide bonds. The standard InChI is InChI=1S/C13H11IN2O2/c14-9-2-1-3-10(7-9)16-12-6-8(13(17)18)4-5-11(12)15/h1-7,16H,15H2,(H,17,18). The summed E-state index contributed by atoms with van der Waals surface area (Å²) in [4.78, 5) is 10.9. The van der Waals surface area contributed by atoms with Crippen LogP contribution in [0.2, 0.25) is 0 Å². The summed E-state index contributed by atoms with van der Waals surface area (Å²) in [5, 5.41) is 12.1. The minimum Gasteiger partial charge on any atom is -0.478 e. The zero-order chi connectivity index (χ0) is 13.1. The van der Waals surface area contributed by atoms with Crippen LogP contribution in [0.25, 0.3) is 0 Å². The van der Waals surface area contributed by atoms with Crippen molar-refractivity contribution in [2.75, 3.05) is 11.1 Å². The smallest absolute Gasteiger partial charge is 0.335 e. The van der Waals surface area contributed by atoms with Gasteiger partial charge in [-0.15, -0.1) is 0 Å². The Kier molecular flexibility index (Phi) is 3.71. The molecule has 2 rings (SSSR count). The van der Waals surface area contributed by atoms with E-state index in [2.05, 4.69) is 27.9 Å². The van der Waals surface area contributed by atoms with Gasteiger partial charge in [-0.2, -0.15) is 0 Å². The molecule has 0 unspecified atom stereocenters. The van der Waals surface area contributed by atoms with Gasteiger partial charge in [0.2, 0.25) is 0 Å². The first kappa shape index (κ1) is 12.7. The van der Waals surface area contributed by atoms with Gasteiger partial charge in [-0.1, -0.05) is 6.07 Å². The van der Waals surface area contributed by atoms with Gasteiger partial charge in [0.25, 0.3) is 0 Å². The molecule has 0 fully saturated rings. The number of carbonyl (C=O) groups is 1. The molecule has 18 heavy (non-hydrogen) atoms. The summed E-state index contributed by atoms with van der Waals surface area (Å²) >= 11 is 2.21. The van der Waals surface area contributed by atoms with Crippen LogP contribution in [0, 0.1) is 3.57 Å². The molecule has 0 bridgehead atoms. The molecule has 0 heterocycles. The van der Waals surface area contributed by atoms with Crippen LogP contribution in [-0.4, -0.2) is 11.1 Å². The minimum atomic E-state index is -0.972. The highest BCUT2D eigenvalue weighted by Gasteiger charge is 2.07. The highest BCUT2D eigenvalue weighted by molar-refractivity contribution is 14.1. The van der Waals surface area contributed by atoms with Crippen molar-refractivity contribution < 1.29 is 9.90 Å². The fraction of sp³-hybridized carbons (Fsp3) is 0. The van der Waals surface area contributed by atoms with Gasteiger partial charge < -0.3 is 16.2 Å². The normalized spacial score (nSPS) is 10.1. The molecular formula is C13H11IN2O2. The maximum Gasteiger partial charge on any atom is 0.335 e. The predicted molar refractivity (Wildman–Crippen MR) is 80.3 cm³/mol. The minimum absolute atomic E-state index is 0.206. The third kappa shape index (κ3) is 2.92. The lowest BCUT2D eigenvalue weighted by Gasteiger charge is -2.10. The number of nitrogen functional groups attached to an aromatic ring is 1. The number of aromatic carboxylic acids is 1. The number of nitrogens with two attached hydrogens (primary N) is 1. The summed E-state index contributed by atoms with van der Waals surface area (Å²) < 4.78 is 1.09. The molecule has 0 saturated carbocycles. The maximum absolute atomic E-state index is 10.9. The van der Waals surface area contributed by atoms with E-state index in [4.69, 9.17) is 10.8 Å². The highest BCUT2D eigenvalue weighted by Crippen LogP contribution is 2.25. The summed E-state index contributed by atoms with van der Waals surface area (Å²) in [5.74, 6) is -0.972. The van der Waals surface area contributed by atoms with Crippen molar-refractivity contribution >= 4 is 45.6 Å². The molecule has 4 N–H and O–H groups in total. The zero-order valence-corrected chi connectivity index (χ0v) is 11.5. The number of benzene rings is 2. The second-order valence-corrected chi connectivity index (χ2v) is 4.99. The lowest BCUT2D eigenvalue weighted by molar-refractivity contribution is 0.0697. The monoisotopic (exact) mass is 354 g/mol. The summed E-state index contributed by atoms with van der Waals surface area (Å²) in [5.41, 5.74) is 8.00. The van der Waals surface area contributed by atoms with Crippen LogP contribution < -0.4 is 11.1 Å². The largest absolute Gasteiger partial charge is 0.478 e. The fourth-order valence-electron chi connectivity index (χ4n) is 1.52. The van der Waals surface area contributed by atoms with E-state index in [0.29, 0.717) is 11.4 Å². The van der Waals surface area contributed by atoms with E-state index in [1.165, 1.54) is 12.1 Å². The Bertz CT molecular complexity index is 599. The van der Waals surface area contributed by atoms with Crippen LogP contribution in [-0.2, 0) is 0 Å². The van der Waals surface area contributed by atoms with Gasteiger partial charge in [0.05, 0.1) is 16.9 Å². The molecule has 2 aromatic carbocycles. The average molecular weight is 354 g/mol. The third-order valence-electron chi connectivity index (χ3n) is 2.40. The van der Waals surface area contributed by atoms with E-state index in [-0.39, 0.29) is 5.56 Å². The van der Waals surface area contributed by atoms with Crippen molar-refractivity contribution in [1.29, 1.82) is 0 Å². The summed E-state index contributed by atoms with van der Waals surface area (Å²) in [6.45, 7) is 0. The zero-order valence-electron chi connectivity index (χ0n) is 9.35. The number of hydrogen-bond donors (Lipinski definition) is 3. The predicted octanol–water partition coefficient (Wildman–Crippen LogP) is 3.32. The van der Waals surface area contributed by atoms with E-state index in [1.807, 2.05) is 24.3 Å². The van der Waals surface area contributed by atoms with Crippen molar-refractivity contribution in [3.05, 3.63) is 51.6 Å². The fourth-order valence-corrected chi connectivity index (χ4v) is 2.06. The van der Waals surface area contributed by atoms with Crippen LogP contribution in [0.1, 0.15) is 10.4 Å². The molecular weight excluding hydrogens is 343 g/mol. The van der Waals surface area contributed by atoms with Crippen molar-refractivity contribution in [1.82, 2.24) is 0 Å². The summed E-state index contributed by atoms with van der Waals surface area (Å²) in [6.07, 6.45) is 0. The first-order valence-corrected chi connectivity index (χ1v) is 6.29. The number of carboxylic acid groups (broad SMARTS) is 1. The van der Waals surface area contributed by atoms with E-state index in [9.17, 15) is 4.79 Å². The molecule has 2 aromatic rings. The number of nitrogens with one attached hydrogen (secondary N) is 1. The number of hydrogen-bond acceptors (Lipinski definition) is 3. The Labute approximate surface area is 118 Å². The van der Waals surface area contributed by atoms with E-state index in [0.717, 1.165) is 9.26 Å². The Morgan fingerprint density at radius 1 is 1.22 bits per heavy atom. The van der Waals surface area contributed by atoms with Crippen LogP contribution >= 0.6 is 22.6 Å². The number of rotatable bonds is 3. The average Bonchev–Trinajstić information content (AvgIpc) is 2.31. The summed E-state index contributed by atoms with van der Waals surface area (Å²) in [6, 6.07) is 12.3. The van der Waals surface area contributed by atoms with Crippen LogP contribution in [0.15, 0.2) is 42.5 Å². The lowest BCUT2D eigenvalue weighted by atomic mass is 10.1. The van der Waals surface area contributed by atoms with Gasteiger partial charge in [-0.25, -0.2) is 4.79 Å². The molecule has 0 aliphatic carbocycles. The summed E-state index contributed by atoms with van der Waals surface area (Å²) in [7, 11) is 0. The highest BCUT2D eigenvalue weighted by atomic mass is 127. The van der Waals surface area contributed by atoms with Crippen LogP contribution in [0.3, 0.4) is 0 Å². The van der Waals surface area contributed by atoms with E-state index < -0.39 is 5.97 Å². The number of anilines is 3. The van der Waals surface area contributed by atoms with Gasteiger partial charge in [0.15, 0.2) is 0 Å². The molecule has 0 saturated heterocycles. The Hall–Kier alpha value is -1.76. The first-order valence-electron chi connectivity index (χ1n) is 5.21. The van der Waals surface area contributed by atoms with Crippen molar-refractivity contribution in [2.24, 2.45) is 0 Å². The van der Waals surface area contributed by atoms with Crippen molar-refractivity contribution in [2.45, 2.75) is 0 Å². The van der Waals surface area contributed by atoms with Gasteiger partial charge in [0, 0.05) is 9.26 Å². The molecule has 92 valence electrons. The van der Waals surface area contributed by atoms with Crippen molar-refractivity contribution in [3.63, 3.8) is 0 Å². The van der Waals surface area contributed by atoms with Gasteiger partial charge >= 0.3 is 5.97 Å². The quantitative estimate of drug-likeness (QED) is 0.584. The van der Waals surface area contributed by atoms with Crippen molar-refractivity contribution in [3.8, 4) is 0 Å². The maximum atomic E-state index is 10.9. The Balaban J connectivity index is 2.33. The molecule has 0 radical (unpaired) electrons. The molecule has 0 aliphatic heterocycles. The lowest BCUT2D eigenvalue weighted by Crippen LogP contribution is -2.01. The Morgan fingerprint density at radius 3 is 2.67 bits per heavy atom. The number of halogens is 1. The Morgan fingerprint density at radius 2 is 2.00 bits per heavy atom. The molecule has 0 spiro atoms. The van der Waals surface area contributed by atoms with Crippen LogP contribution in [0.5, 0.6) is 0 Å². The van der Waals surface area contributed by atoms with E-state index in [1.54, 1.807) is 6.07 Å².